The third-order valence-corrected chi connectivity index (χ3v) is 5.47. The maximum absolute atomic E-state index is 6.25. The molecule has 0 saturated carbocycles. The standard InChI is InChI=1S/C12H16Cl2N2S/c1-12(5-2-6-17-12)11(16-15)9-7-8(13)3-4-10(9)14/h3-4,7,11,16H,2,5-6,15H2,1H3. The van der Waals surface area contributed by atoms with Gasteiger partial charge in [0.15, 0.2) is 0 Å². The normalized spacial score (nSPS) is 26.1. The lowest BCUT2D eigenvalue weighted by molar-refractivity contribution is 0.421. The molecule has 1 fully saturated rings. The zero-order chi connectivity index (χ0) is 12.5. The summed E-state index contributed by atoms with van der Waals surface area (Å²) in [7, 11) is 0. The molecule has 1 aliphatic heterocycles. The van der Waals surface area contributed by atoms with Gasteiger partial charge in [0, 0.05) is 14.8 Å². The number of rotatable bonds is 3. The van der Waals surface area contributed by atoms with Crippen LogP contribution in [0, 0.1) is 0 Å². The van der Waals surface area contributed by atoms with Crippen molar-refractivity contribution < 1.29 is 0 Å². The summed E-state index contributed by atoms with van der Waals surface area (Å²) in [6.45, 7) is 2.23. The largest absolute Gasteiger partial charge is 0.271 e. The summed E-state index contributed by atoms with van der Waals surface area (Å²) in [5.74, 6) is 6.90. The Morgan fingerprint density at radius 3 is 2.82 bits per heavy atom. The summed E-state index contributed by atoms with van der Waals surface area (Å²) in [4.78, 5) is 0. The molecule has 2 atom stereocenters. The van der Waals surface area contributed by atoms with Gasteiger partial charge in [-0.15, -0.1) is 0 Å². The van der Waals surface area contributed by atoms with Crippen LogP contribution < -0.4 is 11.3 Å². The Bertz CT molecular complexity index is 405. The van der Waals surface area contributed by atoms with Crippen LogP contribution in [-0.2, 0) is 0 Å². The molecule has 2 rings (SSSR count). The third kappa shape index (κ3) is 2.74. The monoisotopic (exact) mass is 290 g/mol. The first-order valence-corrected chi connectivity index (χ1v) is 7.36. The highest BCUT2D eigenvalue weighted by atomic mass is 35.5. The van der Waals surface area contributed by atoms with E-state index in [1.165, 1.54) is 12.2 Å². The zero-order valence-electron chi connectivity index (χ0n) is 9.67. The van der Waals surface area contributed by atoms with E-state index in [2.05, 4.69) is 12.3 Å². The van der Waals surface area contributed by atoms with Crippen molar-refractivity contribution in [2.45, 2.75) is 30.6 Å². The van der Waals surface area contributed by atoms with Crippen molar-refractivity contribution in [2.75, 3.05) is 5.75 Å². The molecule has 0 spiro atoms. The van der Waals surface area contributed by atoms with Gasteiger partial charge >= 0.3 is 0 Å². The Morgan fingerprint density at radius 1 is 1.47 bits per heavy atom. The number of halogens is 2. The molecule has 0 aromatic heterocycles. The molecule has 1 aromatic carbocycles. The van der Waals surface area contributed by atoms with Crippen molar-refractivity contribution in [3.8, 4) is 0 Å². The summed E-state index contributed by atoms with van der Waals surface area (Å²) in [6.07, 6.45) is 2.35. The van der Waals surface area contributed by atoms with Gasteiger partial charge < -0.3 is 0 Å². The second-order valence-electron chi connectivity index (χ2n) is 4.53. The van der Waals surface area contributed by atoms with E-state index >= 15 is 0 Å². The summed E-state index contributed by atoms with van der Waals surface area (Å²) < 4.78 is 0.0864. The fourth-order valence-electron chi connectivity index (χ4n) is 2.36. The third-order valence-electron chi connectivity index (χ3n) is 3.30. The van der Waals surface area contributed by atoms with Crippen molar-refractivity contribution in [3.05, 3.63) is 33.8 Å². The molecule has 3 N–H and O–H groups in total. The predicted molar refractivity (Wildman–Crippen MR) is 76.6 cm³/mol. The molecular weight excluding hydrogens is 275 g/mol. The van der Waals surface area contributed by atoms with Crippen molar-refractivity contribution in [1.82, 2.24) is 5.43 Å². The lowest BCUT2D eigenvalue weighted by Crippen LogP contribution is -2.41. The van der Waals surface area contributed by atoms with Gasteiger partial charge in [-0.1, -0.05) is 23.2 Å². The Morgan fingerprint density at radius 2 is 2.24 bits per heavy atom. The number of hydrazine groups is 1. The summed E-state index contributed by atoms with van der Waals surface area (Å²) in [6, 6.07) is 5.55. The van der Waals surface area contributed by atoms with Crippen LogP contribution in [0.2, 0.25) is 10.0 Å². The minimum Gasteiger partial charge on any atom is -0.271 e. The summed E-state index contributed by atoms with van der Waals surface area (Å²) >= 11 is 14.2. The summed E-state index contributed by atoms with van der Waals surface area (Å²) in [5, 5.41) is 1.40. The van der Waals surface area contributed by atoms with Gasteiger partial charge in [0.05, 0.1) is 6.04 Å². The highest BCUT2D eigenvalue weighted by Gasteiger charge is 2.39. The van der Waals surface area contributed by atoms with E-state index in [0.29, 0.717) is 10.0 Å². The molecule has 1 heterocycles. The van der Waals surface area contributed by atoms with Gasteiger partial charge in [-0.05, 0) is 49.3 Å². The second kappa shape index (κ2) is 5.37. The minimum atomic E-state index is 0.0289. The van der Waals surface area contributed by atoms with Crippen LogP contribution >= 0.6 is 35.0 Å². The molecule has 1 saturated heterocycles. The topological polar surface area (TPSA) is 38.0 Å². The number of hydrogen-bond acceptors (Lipinski definition) is 3. The fourth-order valence-corrected chi connectivity index (χ4v) is 4.17. The molecule has 1 aliphatic rings. The van der Waals surface area contributed by atoms with Crippen molar-refractivity contribution >= 4 is 35.0 Å². The van der Waals surface area contributed by atoms with Crippen LogP contribution in [0.15, 0.2) is 18.2 Å². The predicted octanol–water partition coefficient (Wildman–Crippen LogP) is 3.78. The van der Waals surface area contributed by atoms with Gasteiger partial charge in [-0.2, -0.15) is 11.8 Å². The van der Waals surface area contributed by atoms with Crippen LogP contribution in [-0.4, -0.2) is 10.5 Å². The molecule has 0 bridgehead atoms. The van der Waals surface area contributed by atoms with Gasteiger partial charge in [0.1, 0.15) is 0 Å². The molecular formula is C12H16Cl2N2S. The number of nitrogens with two attached hydrogens (primary N) is 1. The Hall–Kier alpha value is 0.0700. The molecule has 94 valence electrons. The van der Waals surface area contributed by atoms with Crippen LogP contribution in [0.5, 0.6) is 0 Å². The second-order valence-corrected chi connectivity index (χ2v) is 7.00. The molecule has 1 aromatic rings. The average molecular weight is 291 g/mol. The van der Waals surface area contributed by atoms with E-state index in [-0.39, 0.29) is 10.8 Å². The molecule has 0 amide bonds. The smallest absolute Gasteiger partial charge is 0.0619 e. The first kappa shape index (κ1) is 13.5. The van der Waals surface area contributed by atoms with E-state index in [4.69, 9.17) is 29.0 Å². The van der Waals surface area contributed by atoms with Crippen LogP contribution in [0.3, 0.4) is 0 Å². The SMILES string of the molecule is CC1(C(NN)c2cc(Cl)ccc2Cl)CCCS1. The lowest BCUT2D eigenvalue weighted by Gasteiger charge is -2.33. The van der Waals surface area contributed by atoms with E-state index in [9.17, 15) is 0 Å². The highest BCUT2D eigenvalue weighted by molar-refractivity contribution is 8.00. The Kier molecular flexibility index (Phi) is 4.26. The van der Waals surface area contributed by atoms with E-state index in [1.807, 2.05) is 23.9 Å². The van der Waals surface area contributed by atoms with E-state index < -0.39 is 0 Å². The number of nitrogens with one attached hydrogen (secondary N) is 1. The van der Waals surface area contributed by atoms with Gasteiger partial charge in [0.25, 0.3) is 0 Å². The van der Waals surface area contributed by atoms with Gasteiger partial charge in [0.2, 0.25) is 0 Å². The van der Waals surface area contributed by atoms with Crippen molar-refractivity contribution in [1.29, 1.82) is 0 Å². The highest BCUT2D eigenvalue weighted by Crippen LogP contribution is 2.47. The Balaban J connectivity index is 2.37. The number of thioether (sulfide) groups is 1. The fraction of sp³-hybridized carbons (Fsp3) is 0.500. The zero-order valence-corrected chi connectivity index (χ0v) is 12.0. The maximum atomic E-state index is 6.25. The maximum Gasteiger partial charge on any atom is 0.0619 e. The average Bonchev–Trinajstić information content (AvgIpc) is 2.72. The van der Waals surface area contributed by atoms with E-state index in [1.54, 1.807) is 6.07 Å². The van der Waals surface area contributed by atoms with Gasteiger partial charge in [-0.3, -0.25) is 11.3 Å². The van der Waals surface area contributed by atoms with Gasteiger partial charge in [-0.25, -0.2) is 0 Å². The quantitative estimate of drug-likeness (QED) is 0.657. The van der Waals surface area contributed by atoms with Crippen molar-refractivity contribution in [2.24, 2.45) is 5.84 Å². The van der Waals surface area contributed by atoms with E-state index in [0.717, 1.165) is 12.0 Å². The molecule has 0 aliphatic carbocycles. The molecule has 17 heavy (non-hydrogen) atoms. The Labute approximate surface area is 116 Å². The molecule has 2 unspecified atom stereocenters. The first-order valence-electron chi connectivity index (χ1n) is 5.62. The van der Waals surface area contributed by atoms with Crippen molar-refractivity contribution in [3.63, 3.8) is 0 Å². The molecule has 0 radical (unpaired) electrons. The minimum absolute atomic E-state index is 0.0289. The van der Waals surface area contributed by atoms with Crippen LogP contribution in [0.25, 0.3) is 0 Å². The molecule has 5 heteroatoms. The summed E-state index contributed by atoms with van der Waals surface area (Å²) in [5.41, 5.74) is 3.89. The lowest BCUT2D eigenvalue weighted by atomic mass is 9.91. The van der Waals surface area contributed by atoms with Crippen LogP contribution in [0.1, 0.15) is 31.4 Å². The van der Waals surface area contributed by atoms with Crippen LogP contribution in [0.4, 0.5) is 0 Å². The first-order chi connectivity index (χ1) is 8.07. The number of benzene rings is 1. The number of hydrogen-bond donors (Lipinski definition) is 2. The molecule has 2 nitrogen and oxygen atoms in total.